The van der Waals surface area contributed by atoms with Gasteiger partial charge < -0.3 is 19.5 Å². The Morgan fingerprint density at radius 2 is 2.04 bits per heavy atom. The molecule has 0 aliphatic carbocycles. The zero-order valence-corrected chi connectivity index (χ0v) is 17.0. The Morgan fingerprint density at radius 3 is 2.75 bits per heavy atom. The lowest BCUT2D eigenvalue weighted by molar-refractivity contribution is -0.0565. The Labute approximate surface area is 167 Å². The fourth-order valence-electron chi connectivity index (χ4n) is 3.84. The number of nitrogens with zero attached hydrogens (tertiary/aromatic N) is 3. The minimum atomic E-state index is -0.259. The van der Waals surface area contributed by atoms with Crippen molar-refractivity contribution in [3.05, 3.63) is 29.8 Å². The highest BCUT2D eigenvalue weighted by molar-refractivity contribution is 5.94. The number of piperazine rings is 1. The van der Waals surface area contributed by atoms with Gasteiger partial charge in [-0.1, -0.05) is 13.0 Å². The molecule has 0 saturated carbocycles. The summed E-state index contributed by atoms with van der Waals surface area (Å²) in [5.74, 6) is 0.767. The zero-order valence-electron chi connectivity index (χ0n) is 17.0. The number of carbonyl (C=O) groups is 1. The predicted octanol–water partition coefficient (Wildman–Crippen LogP) is 0.925. The third kappa shape index (κ3) is 5.67. The monoisotopic (exact) mass is 391 g/mol. The number of benzene rings is 1. The van der Waals surface area contributed by atoms with E-state index in [1.165, 1.54) is 0 Å². The summed E-state index contributed by atoms with van der Waals surface area (Å²) in [6.07, 6.45) is 0.689. The number of methoxy groups -OCH3 is 1. The number of amides is 1. The number of β-amino-alcohol motifs (C(OH)–C–C–N with tert-alkyl or cyclic N) is 1. The molecule has 3 rings (SSSR count). The van der Waals surface area contributed by atoms with Crippen molar-refractivity contribution in [1.82, 2.24) is 14.7 Å². The minimum Gasteiger partial charge on any atom is -0.497 e. The van der Waals surface area contributed by atoms with Crippen LogP contribution in [0.15, 0.2) is 24.3 Å². The molecular formula is C21H33N3O4. The van der Waals surface area contributed by atoms with Gasteiger partial charge >= 0.3 is 0 Å². The lowest BCUT2D eigenvalue weighted by atomic mass is 10.1. The lowest BCUT2D eigenvalue weighted by Crippen LogP contribution is -2.54. The van der Waals surface area contributed by atoms with Crippen LogP contribution in [0.4, 0.5) is 0 Å². The van der Waals surface area contributed by atoms with Gasteiger partial charge in [-0.2, -0.15) is 0 Å². The van der Waals surface area contributed by atoms with Crippen LogP contribution in [0.3, 0.4) is 0 Å². The summed E-state index contributed by atoms with van der Waals surface area (Å²) in [7, 11) is 1.61. The van der Waals surface area contributed by atoms with Crippen molar-refractivity contribution in [2.24, 2.45) is 0 Å². The Balaban J connectivity index is 1.45. The van der Waals surface area contributed by atoms with Crippen molar-refractivity contribution in [3.8, 4) is 5.75 Å². The zero-order chi connectivity index (χ0) is 19.9. The summed E-state index contributed by atoms with van der Waals surface area (Å²) in [4.78, 5) is 19.3. The standard InChI is InChI=1S/C21H33N3O4/c1-3-18(25)14-23-11-12-28-20(16-23)15-22-7-9-24(10-8-22)21(26)17-5-4-6-19(13-17)27-2/h4-6,13,18,20,25H,3,7-12,14-16H2,1-2H3/t18-,20-/m0/s1. The molecule has 1 aromatic rings. The van der Waals surface area contributed by atoms with Crippen molar-refractivity contribution in [1.29, 1.82) is 0 Å². The van der Waals surface area contributed by atoms with Crippen molar-refractivity contribution in [2.75, 3.05) is 66.1 Å². The Kier molecular flexibility index (Phi) is 7.67. The molecule has 2 atom stereocenters. The maximum absolute atomic E-state index is 12.7. The first kappa shape index (κ1) is 21.0. The van der Waals surface area contributed by atoms with Crippen LogP contribution in [0.25, 0.3) is 0 Å². The van der Waals surface area contributed by atoms with E-state index in [0.29, 0.717) is 11.3 Å². The SMILES string of the molecule is CC[C@H](O)CN1CCO[C@@H](CN2CCN(C(=O)c3cccc(OC)c3)CC2)C1. The summed E-state index contributed by atoms with van der Waals surface area (Å²) in [6, 6.07) is 7.34. The molecule has 28 heavy (non-hydrogen) atoms. The van der Waals surface area contributed by atoms with Gasteiger partial charge in [0.25, 0.3) is 5.91 Å². The summed E-state index contributed by atoms with van der Waals surface area (Å²) >= 11 is 0. The molecule has 7 heteroatoms. The molecule has 1 amide bonds. The third-order valence-corrected chi connectivity index (χ3v) is 5.60. The highest BCUT2D eigenvalue weighted by Crippen LogP contribution is 2.16. The summed E-state index contributed by atoms with van der Waals surface area (Å²) in [5, 5.41) is 9.89. The fourth-order valence-corrected chi connectivity index (χ4v) is 3.84. The Morgan fingerprint density at radius 1 is 1.25 bits per heavy atom. The average molecular weight is 392 g/mol. The number of hydrogen-bond acceptors (Lipinski definition) is 6. The van der Waals surface area contributed by atoms with Crippen LogP contribution < -0.4 is 4.74 Å². The smallest absolute Gasteiger partial charge is 0.254 e. The minimum absolute atomic E-state index is 0.0622. The molecule has 0 radical (unpaired) electrons. The van der Waals surface area contributed by atoms with Gasteiger partial charge in [0, 0.05) is 57.9 Å². The van der Waals surface area contributed by atoms with Crippen molar-refractivity contribution >= 4 is 5.91 Å². The van der Waals surface area contributed by atoms with Crippen LogP contribution in [0, 0.1) is 0 Å². The van der Waals surface area contributed by atoms with Crippen LogP contribution in [-0.2, 0) is 4.74 Å². The number of aliphatic hydroxyl groups is 1. The second kappa shape index (κ2) is 10.2. The maximum Gasteiger partial charge on any atom is 0.254 e. The van der Waals surface area contributed by atoms with Crippen molar-refractivity contribution < 1.29 is 19.4 Å². The Bertz CT molecular complexity index is 634. The molecule has 2 aliphatic rings. The van der Waals surface area contributed by atoms with E-state index < -0.39 is 0 Å². The van der Waals surface area contributed by atoms with Gasteiger partial charge in [0.05, 0.1) is 25.9 Å². The van der Waals surface area contributed by atoms with Crippen LogP contribution in [-0.4, -0.2) is 104 Å². The average Bonchev–Trinajstić information content (AvgIpc) is 2.74. The molecule has 0 spiro atoms. The first-order valence-corrected chi connectivity index (χ1v) is 10.3. The molecule has 2 saturated heterocycles. The van der Waals surface area contributed by atoms with E-state index in [0.717, 1.165) is 65.4 Å². The molecule has 1 aromatic carbocycles. The van der Waals surface area contributed by atoms with Gasteiger partial charge in [-0.15, -0.1) is 0 Å². The normalized spacial score (nSPS) is 22.8. The van der Waals surface area contributed by atoms with E-state index in [1.807, 2.05) is 30.0 Å². The number of carbonyl (C=O) groups excluding carboxylic acids is 1. The largest absolute Gasteiger partial charge is 0.497 e. The van der Waals surface area contributed by atoms with Crippen LogP contribution in [0.5, 0.6) is 5.75 Å². The number of hydrogen-bond donors (Lipinski definition) is 1. The van der Waals surface area contributed by atoms with Crippen LogP contribution in [0.2, 0.25) is 0 Å². The number of rotatable bonds is 7. The molecule has 0 aromatic heterocycles. The first-order valence-electron chi connectivity index (χ1n) is 10.3. The highest BCUT2D eigenvalue weighted by Gasteiger charge is 2.27. The summed E-state index contributed by atoms with van der Waals surface area (Å²) in [5.41, 5.74) is 0.675. The lowest BCUT2D eigenvalue weighted by Gasteiger charge is -2.39. The van der Waals surface area contributed by atoms with Gasteiger partial charge in [0.15, 0.2) is 0 Å². The number of morpholine rings is 1. The molecule has 2 fully saturated rings. The molecule has 7 nitrogen and oxygen atoms in total. The number of aliphatic hydroxyl groups excluding tert-OH is 1. The van der Waals surface area contributed by atoms with Gasteiger partial charge in [0.1, 0.15) is 5.75 Å². The van der Waals surface area contributed by atoms with E-state index in [-0.39, 0.29) is 18.1 Å². The first-order chi connectivity index (χ1) is 13.6. The van der Waals surface area contributed by atoms with Gasteiger partial charge in [-0.25, -0.2) is 0 Å². The second-order valence-electron chi connectivity index (χ2n) is 7.64. The van der Waals surface area contributed by atoms with Crippen molar-refractivity contribution in [3.63, 3.8) is 0 Å². The van der Waals surface area contributed by atoms with E-state index >= 15 is 0 Å². The molecular weight excluding hydrogens is 358 g/mol. The van der Waals surface area contributed by atoms with Gasteiger partial charge in [-0.3, -0.25) is 14.6 Å². The molecule has 0 unspecified atom stereocenters. The fraction of sp³-hybridized carbons (Fsp3) is 0.667. The molecule has 2 aliphatic heterocycles. The molecule has 0 bridgehead atoms. The van der Waals surface area contributed by atoms with Crippen LogP contribution >= 0.6 is 0 Å². The quantitative estimate of drug-likeness (QED) is 0.746. The third-order valence-electron chi connectivity index (χ3n) is 5.60. The molecule has 1 N–H and O–H groups in total. The highest BCUT2D eigenvalue weighted by atomic mass is 16.5. The van der Waals surface area contributed by atoms with E-state index in [1.54, 1.807) is 13.2 Å². The van der Waals surface area contributed by atoms with E-state index in [2.05, 4.69) is 9.80 Å². The van der Waals surface area contributed by atoms with Gasteiger partial charge in [0.2, 0.25) is 0 Å². The maximum atomic E-state index is 12.7. The molecule has 156 valence electrons. The number of ether oxygens (including phenoxy) is 2. The van der Waals surface area contributed by atoms with Gasteiger partial charge in [-0.05, 0) is 24.6 Å². The topological polar surface area (TPSA) is 65.5 Å². The van der Waals surface area contributed by atoms with E-state index in [9.17, 15) is 9.90 Å². The van der Waals surface area contributed by atoms with E-state index in [4.69, 9.17) is 9.47 Å². The Hall–Kier alpha value is -1.67. The molecule has 2 heterocycles. The summed E-state index contributed by atoms with van der Waals surface area (Å²) in [6.45, 7) is 9.22. The van der Waals surface area contributed by atoms with Crippen molar-refractivity contribution in [2.45, 2.75) is 25.6 Å². The second-order valence-corrected chi connectivity index (χ2v) is 7.64. The predicted molar refractivity (Wildman–Crippen MR) is 108 cm³/mol. The summed E-state index contributed by atoms with van der Waals surface area (Å²) < 4.78 is 11.2. The van der Waals surface area contributed by atoms with Crippen LogP contribution in [0.1, 0.15) is 23.7 Å².